The van der Waals surface area contributed by atoms with Gasteiger partial charge in [-0.3, -0.25) is 0 Å². The summed E-state index contributed by atoms with van der Waals surface area (Å²) in [5, 5.41) is 0. The standard InChI is InChI=1S/C9H6F4O/c10-7-2-1-5(8-4-14-8)3-6(7)9(11,12)13/h1-3,8H,4H2/t8-/m0/s1. The van der Waals surface area contributed by atoms with Crippen LogP contribution in [-0.2, 0) is 10.9 Å². The van der Waals surface area contributed by atoms with E-state index < -0.39 is 17.6 Å². The van der Waals surface area contributed by atoms with Crippen LogP contribution in [0.1, 0.15) is 17.2 Å². The highest BCUT2D eigenvalue weighted by molar-refractivity contribution is 5.30. The minimum absolute atomic E-state index is 0.295. The zero-order valence-corrected chi connectivity index (χ0v) is 6.94. The van der Waals surface area contributed by atoms with Crippen molar-refractivity contribution in [3.8, 4) is 0 Å². The van der Waals surface area contributed by atoms with E-state index in [2.05, 4.69) is 0 Å². The maximum Gasteiger partial charge on any atom is 0.419 e. The number of halogens is 4. The molecule has 0 unspecified atom stereocenters. The van der Waals surface area contributed by atoms with E-state index in [1.165, 1.54) is 6.07 Å². The molecule has 1 fully saturated rings. The molecule has 0 saturated carbocycles. The highest BCUT2D eigenvalue weighted by atomic mass is 19.4. The molecule has 1 aliphatic heterocycles. The third-order valence-corrected chi connectivity index (χ3v) is 2.00. The van der Waals surface area contributed by atoms with Gasteiger partial charge in [-0.1, -0.05) is 6.07 Å². The minimum Gasteiger partial charge on any atom is -0.368 e. The molecule has 5 heteroatoms. The Hall–Kier alpha value is -1.10. The molecule has 0 radical (unpaired) electrons. The van der Waals surface area contributed by atoms with E-state index in [-0.39, 0.29) is 6.10 Å². The van der Waals surface area contributed by atoms with E-state index >= 15 is 0 Å². The van der Waals surface area contributed by atoms with Gasteiger partial charge in [-0.05, 0) is 17.7 Å². The molecule has 1 aromatic rings. The Bertz CT molecular complexity index is 354. The zero-order chi connectivity index (χ0) is 10.3. The fourth-order valence-corrected chi connectivity index (χ4v) is 1.20. The van der Waals surface area contributed by atoms with Crippen LogP contribution in [0, 0.1) is 5.82 Å². The summed E-state index contributed by atoms with van der Waals surface area (Å²) < 4.78 is 54.3. The number of rotatable bonds is 1. The third kappa shape index (κ3) is 1.72. The average molecular weight is 206 g/mol. The molecular formula is C9H6F4O. The summed E-state index contributed by atoms with van der Waals surface area (Å²) in [4.78, 5) is 0. The Morgan fingerprint density at radius 2 is 1.93 bits per heavy atom. The van der Waals surface area contributed by atoms with Crippen molar-refractivity contribution >= 4 is 0 Å². The molecule has 1 atom stereocenters. The highest BCUT2D eigenvalue weighted by Gasteiger charge is 2.36. The Morgan fingerprint density at radius 1 is 1.29 bits per heavy atom. The van der Waals surface area contributed by atoms with E-state index in [1.54, 1.807) is 0 Å². The molecule has 1 saturated heterocycles. The van der Waals surface area contributed by atoms with Gasteiger partial charge in [0.25, 0.3) is 0 Å². The van der Waals surface area contributed by atoms with Gasteiger partial charge in [0.1, 0.15) is 11.9 Å². The summed E-state index contributed by atoms with van der Waals surface area (Å²) >= 11 is 0. The Labute approximate surface area is 77.3 Å². The predicted molar refractivity (Wildman–Crippen MR) is 40.1 cm³/mol. The highest BCUT2D eigenvalue weighted by Crippen LogP contribution is 2.36. The summed E-state index contributed by atoms with van der Waals surface area (Å²) in [6.07, 6.45) is -4.94. The second-order valence-electron chi connectivity index (χ2n) is 3.06. The second-order valence-corrected chi connectivity index (χ2v) is 3.06. The van der Waals surface area contributed by atoms with Crippen molar-refractivity contribution in [3.63, 3.8) is 0 Å². The maximum atomic E-state index is 12.8. The van der Waals surface area contributed by atoms with E-state index in [9.17, 15) is 17.6 Å². The van der Waals surface area contributed by atoms with Gasteiger partial charge in [-0.25, -0.2) is 4.39 Å². The molecule has 0 spiro atoms. The molecule has 0 aliphatic carbocycles. The lowest BCUT2D eigenvalue weighted by Crippen LogP contribution is -2.08. The lowest BCUT2D eigenvalue weighted by molar-refractivity contribution is -0.140. The molecule has 0 amide bonds. The van der Waals surface area contributed by atoms with Gasteiger partial charge < -0.3 is 4.74 Å². The number of hydrogen-bond donors (Lipinski definition) is 0. The topological polar surface area (TPSA) is 12.5 Å². The summed E-state index contributed by atoms with van der Waals surface area (Å²) in [7, 11) is 0. The van der Waals surface area contributed by atoms with Gasteiger partial charge in [-0.2, -0.15) is 13.2 Å². The van der Waals surface area contributed by atoms with Crippen molar-refractivity contribution < 1.29 is 22.3 Å². The molecule has 1 aromatic carbocycles. The number of benzene rings is 1. The summed E-state index contributed by atoms with van der Waals surface area (Å²) in [5.74, 6) is -1.25. The molecule has 76 valence electrons. The fraction of sp³-hybridized carbons (Fsp3) is 0.333. The third-order valence-electron chi connectivity index (χ3n) is 2.00. The number of alkyl halides is 3. The Balaban J connectivity index is 2.41. The van der Waals surface area contributed by atoms with E-state index in [0.717, 1.165) is 12.1 Å². The normalized spacial score (nSPS) is 21.0. The van der Waals surface area contributed by atoms with Gasteiger partial charge in [0.15, 0.2) is 0 Å². The first-order valence-corrected chi connectivity index (χ1v) is 3.97. The summed E-state index contributed by atoms with van der Waals surface area (Å²) in [6, 6.07) is 2.93. The van der Waals surface area contributed by atoms with Gasteiger partial charge in [-0.15, -0.1) is 0 Å². The summed E-state index contributed by atoms with van der Waals surface area (Å²) in [6.45, 7) is 0.406. The van der Waals surface area contributed by atoms with Crippen molar-refractivity contribution in [1.29, 1.82) is 0 Å². The van der Waals surface area contributed by atoms with E-state index in [0.29, 0.717) is 12.2 Å². The molecule has 1 aliphatic rings. The monoisotopic (exact) mass is 206 g/mol. The van der Waals surface area contributed by atoms with Crippen LogP contribution in [0.2, 0.25) is 0 Å². The quantitative estimate of drug-likeness (QED) is 0.508. The van der Waals surface area contributed by atoms with Crippen LogP contribution in [0.5, 0.6) is 0 Å². The Kier molecular flexibility index (Phi) is 1.99. The van der Waals surface area contributed by atoms with Gasteiger partial charge in [0.2, 0.25) is 0 Å². The average Bonchev–Trinajstić information content (AvgIpc) is 2.85. The first kappa shape index (κ1) is 9.45. The van der Waals surface area contributed by atoms with Crippen LogP contribution in [-0.4, -0.2) is 6.61 Å². The van der Waals surface area contributed by atoms with Crippen molar-refractivity contribution in [1.82, 2.24) is 0 Å². The Morgan fingerprint density at radius 3 is 2.43 bits per heavy atom. The van der Waals surface area contributed by atoms with Crippen LogP contribution in [0.15, 0.2) is 18.2 Å². The number of epoxide rings is 1. The van der Waals surface area contributed by atoms with Crippen LogP contribution >= 0.6 is 0 Å². The maximum absolute atomic E-state index is 12.8. The van der Waals surface area contributed by atoms with Crippen molar-refractivity contribution in [2.45, 2.75) is 12.3 Å². The predicted octanol–water partition coefficient (Wildman–Crippen LogP) is 2.92. The molecule has 1 heterocycles. The van der Waals surface area contributed by atoms with Crippen LogP contribution in [0.25, 0.3) is 0 Å². The van der Waals surface area contributed by atoms with Crippen molar-refractivity contribution in [3.05, 3.63) is 35.1 Å². The van der Waals surface area contributed by atoms with Crippen LogP contribution < -0.4 is 0 Å². The number of ether oxygens (including phenoxy) is 1. The zero-order valence-electron chi connectivity index (χ0n) is 6.94. The first-order chi connectivity index (χ1) is 6.48. The molecule has 1 nitrogen and oxygen atoms in total. The van der Waals surface area contributed by atoms with Gasteiger partial charge in [0, 0.05) is 0 Å². The fourth-order valence-electron chi connectivity index (χ4n) is 1.20. The first-order valence-electron chi connectivity index (χ1n) is 3.97. The molecule has 0 N–H and O–H groups in total. The summed E-state index contributed by atoms with van der Waals surface area (Å²) in [5.41, 5.74) is -0.857. The largest absolute Gasteiger partial charge is 0.419 e. The smallest absolute Gasteiger partial charge is 0.368 e. The van der Waals surface area contributed by atoms with E-state index in [4.69, 9.17) is 4.74 Å². The van der Waals surface area contributed by atoms with Crippen LogP contribution in [0.4, 0.5) is 17.6 Å². The van der Waals surface area contributed by atoms with E-state index in [1.807, 2.05) is 0 Å². The molecule has 14 heavy (non-hydrogen) atoms. The van der Waals surface area contributed by atoms with Crippen molar-refractivity contribution in [2.24, 2.45) is 0 Å². The second kappa shape index (κ2) is 2.95. The molecular weight excluding hydrogens is 200 g/mol. The lowest BCUT2D eigenvalue weighted by Gasteiger charge is -2.08. The molecule has 2 rings (SSSR count). The van der Waals surface area contributed by atoms with Crippen LogP contribution in [0.3, 0.4) is 0 Å². The molecule has 0 aromatic heterocycles. The molecule has 0 bridgehead atoms. The van der Waals surface area contributed by atoms with Gasteiger partial charge >= 0.3 is 6.18 Å². The van der Waals surface area contributed by atoms with Crippen molar-refractivity contribution in [2.75, 3.05) is 6.61 Å². The number of hydrogen-bond acceptors (Lipinski definition) is 1. The SMILES string of the molecule is Fc1ccc([C@@H]2CO2)cc1C(F)(F)F. The lowest BCUT2D eigenvalue weighted by atomic mass is 10.1. The minimum atomic E-state index is -4.64. The van der Waals surface area contributed by atoms with Gasteiger partial charge in [0.05, 0.1) is 12.2 Å².